The van der Waals surface area contributed by atoms with Gasteiger partial charge >= 0.3 is 35.9 Å². The van der Waals surface area contributed by atoms with E-state index in [2.05, 4.69) is 55.0 Å². The molecule has 0 amide bonds. The fourth-order valence-corrected chi connectivity index (χ4v) is 3.28. The SMILES string of the molecule is CCN(CC)[S+](N(C)C)N(C)C.C[Si-](C)(C)(F)F. The zero-order valence-corrected chi connectivity index (χ0v) is 15.2. The normalized spacial score (nSPS) is 14.7. The summed E-state index contributed by atoms with van der Waals surface area (Å²) in [6.07, 6.45) is 0. The molecule has 0 bridgehead atoms. The van der Waals surface area contributed by atoms with Gasteiger partial charge in [-0.1, -0.05) is 12.9 Å². The predicted octanol–water partition coefficient (Wildman–Crippen LogP) is 3.03. The van der Waals surface area contributed by atoms with Gasteiger partial charge in [0.1, 0.15) is 0 Å². The Morgan fingerprint density at radius 1 is 0.833 bits per heavy atom. The molecule has 0 atom stereocenters. The fourth-order valence-electron chi connectivity index (χ4n) is 1.24. The van der Waals surface area contributed by atoms with E-state index < -0.39 is 8.02 Å². The molecule has 0 saturated carbocycles. The molecule has 0 aromatic heterocycles. The first-order valence-corrected chi connectivity index (χ1v) is 11.1. The molecule has 18 heavy (non-hydrogen) atoms. The van der Waals surface area contributed by atoms with Crippen LogP contribution in [0.5, 0.6) is 0 Å². The van der Waals surface area contributed by atoms with E-state index in [9.17, 15) is 8.22 Å². The van der Waals surface area contributed by atoms with Gasteiger partial charge in [-0.15, -0.1) is 0 Å². The van der Waals surface area contributed by atoms with Crippen molar-refractivity contribution in [3.8, 4) is 0 Å². The average Bonchev–Trinajstić information content (AvgIpc) is 2.07. The van der Waals surface area contributed by atoms with Crippen LogP contribution in [-0.4, -0.2) is 62.2 Å². The summed E-state index contributed by atoms with van der Waals surface area (Å²) in [7, 11) is 4.26. The van der Waals surface area contributed by atoms with E-state index >= 15 is 0 Å². The number of hydrogen-bond donors (Lipinski definition) is 0. The Labute approximate surface area is 116 Å². The molecule has 0 unspecified atom stereocenters. The van der Waals surface area contributed by atoms with Crippen molar-refractivity contribution in [2.75, 3.05) is 41.3 Å². The summed E-state index contributed by atoms with van der Waals surface area (Å²) in [6.45, 7) is 9.71. The summed E-state index contributed by atoms with van der Waals surface area (Å²) in [6, 6.07) is 0. The minimum absolute atomic E-state index is 0.134. The van der Waals surface area contributed by atoms with Crippen LogP contribution in [-0.2, 0) is 11.5 Å². The summed E-state index contributed by atoms with van der Waals surface area (Å²) < 4.78 is 30.7. The maximum atomic E-state index is 11.9. The quantitative estimate of drug-likeness (QED) is 0.439. The van der Waals surface area contributed by atoms with Gasteiger partial charge in [0.2, 0.25) is 0 Å². The van der Waals surface area contributed by atoms with Crippen LogP contribution in [0.2, 0.25) is 19.6 Å². The van der Waals surface area contributed by atoms with Gasteiger partial charge in [0.05, 0.1) is 0 Å². The van der Waals surface area contributed by atoms with Gasteiger partial charge in [-0.25, -0.2) is 0 Å². The molecule has 3 nitrogen and oxygen atoms in total. The van der Waals surface area contributed by atoms with Crippen molar-refractivity contribution in [3.63, 3.8) is 0 Å². The van der Waals surface area contributed by atoms with Crippen LogP contribution in [0.25, 0.3) is 0 Å². The first-order valence-electron chi connectivity index (χ1n) is 6.26. The van der Waals surface area contributed by atoms with Crippen LogP contribution >= 0.6 is 0 Å². The molecule has 0 aromatic rings. The third-order valence-electron chi connectivity index (χ3n) is 1.59. The van der Waals surface area contributed by atoms with Crippen LogP contribution in [0.4, 0.5) is 8.22 Å². The molecular weight excluding hydrogens is 272 g/mol. The molecule has 114 valence electrons. The van der Waals surface area contributed by atoms with Crippen molar-refractivity contribution in [3.05, 3.63) is 0 Å². The molecule has 0 heterocycles. The van der Waals surface area contributed by atoms with E-state index in [-0.39, 0.29) is 11.5 Å². The van der Waals surface area contributed by atoms with Crippen molar-refractivity contribution >= 4 is 19.5 Å². The molecule has 0 aliphatic rings. The minimum atomic E-state index is -4.25. The number of rotatable bonds is 5. The standard InChI is InChI=1S/C8H22N3S.C3H9F2Si/c1-7-11(8-2)12(9(3)4)10(5)6;1-6(2,3,4)5/h7-8H2,1-6H3;1-3H3/q+1;-1. The van der Waals surface area contributed by atoms with Crippen LogP contribution in [0.15, 0.2) is 0 Å². The Hall–Kier alpha value is 0.307. The monoisotopic (exact) mass is 303 g/mol. The third kappa shape index (κ3) is 14.4. The van der Waals surface area contributed by atoms with Crippen LogP contribution in [0.3, 0.4) is 0 Å². The van der Waals surface area contributed by atoms with E-state index in [1.54, 1.807) is 0 Å². The van der Waals surface area contributed by atoms with Gasteiger partial charge in [-0.2, -0.15) is 0 Å². The number of nitrogens with zero attached hydrogens (tertiary/aromatic N) is 3. The molecule has 7 heteroatoms. The Morgan fingerprint density at radius 2 is 1.06 bits per heavy atom. The fraction of sp³-hybridized carbons (Fsp3) is 1.00. The van der Waals surface area contributed by atoms with Gasteiger partial charge in [0, 0.05) is 41.3 Å². The van der Waals surface area contributed by atoms with E-state index in [4.69, 9.17) is 0 Å². The Kier molecular flexibility index (Phi) is 8.92. The Balaban J connectivity index is 0. The zero-order valence-electron chi connectivity index (χ0n) is 13.4. The summed E-state index contributed by atoms with van der Waals surface area (Å²) in [4.78, 5) is 0. The second-order valence-electron chi connectivity index (χ2n) is 5.69. The molecule has 0 fully saturated rings. The number of halogens is 2. The number of hydrogen-bond acceptors (Lipinski definition) is 3. The third-order valence-corrected chi connectivity index (χ3v) is 3.87. The molecular formula is C11H31F2N3SSi. The zero-order chi connectivity index (χ0) is 15.2. The van der Waals surface area contributed by atoms with E-state index in [1.165, 1.54) is 0 Å². The van der Waals surface area contributed by atoms with Gasteiger partial charge in [-0.05, 0) is 13.8 Å². The Morgan fingerprint density at radius 3 is 1.11 bits per heavy atom. The molecule has 0 aliphatic carbocycles. The first-order chi connectivity index (χ1) is 7.78. The van der Waals surface area contributed by atoms with Crippen molar-refractivity contribution in [2.24, 2.45) is 0 Å². The van der Waals surface area contributed by atoms with Crippen LogP contribution < -0.4 is 0 Å². The van der Waals surface area contributed by atoms with Crippen molar-refractivity contribution in [1.82, 2.24) is 12.9 Å². The molecule has 0 aromatic carbocycles. The molecule has 0 N–H and O–H groups in total. The first kappa shape index (κ1) is 20.6. The maximum absolute atomic E-state index is 11.9. The van der Waals surface area contributed by atoms with E-state index in [0.717, 1.165) is 32.7 Å². The molecule has 0 radical (unpaired) electrons. The Bertz CT molecular complexity index is 201. The summed E-state index contributed by atoms with van der Waals surface area (Å²) in [5.41, 5.74) is 0. The molecule has 0 spiro atoms. The molecule has 0 aliphatic heterocycles. The van der Waals surface area contributed by atoms with Gasteiger partial charge in [0.25, 0.3) is 11.5 Å². The van der Waals surface area contributed by atoms with E-state index in [0.29, 0.717) is 0 Å². The second-order valence-corrected chi connectivity index (χ2v) is 13.6. The average molecular weight is 304 g/mol. The molecule has 0 rings (SSSR count). The van der Waals surface area contributed by atoms with Crippen molar-refractivity contribution < 1.29 is 8.22 Å². The molecule has 0 saturated heterocycles. The van der Waals surface area contributed by atoms with Crippen LogP contribution in [0.1, 0.15) is 13.8 Å². The predicted molar refractivity (Wildman–Crippen MR) is 83.2 cm³/mol. The van der Waals surface area contributed by atoms with Gasteiger partial charge < -0.3 is 0 Å². The summed E-state index contributed by atoms with van der Waals surface area (Å²) >= 11 is 0.134. The topological polar surface area (TPSA) is 9.72 Å². The van der Waals surface area contributed by atoms with Crippen LogP contribution in [0, 0.1) is 0 Å². The van der Waals surface area contributed by atoms with Crippen molar-refractivity contribution in [1.29, 1.82) is 0 Å². The summed E-state index contributed by atoms with van der Waals surface area (Å²) in [5.74, 6) is 0. The second kappa shape index (κ2) is 7.79. The van der Waals surface area contributed by atoms with Gasteiger partial charge in [0.15, 0.2) is 0 Å². The van der Waals surface area contributed by atoms with Crippen molar-refractivity contribution in [2.45, 2.75) is 33.5 Å². The van der Waals surface area contributed by atoms with Gasteiger partial charge in [-0.3, -0.25) is 0 Å². The van der Waals surface area contributed by atoms with E-state index in [1.807, 2.05) is 0 Å². The summed E-state index contributed by atoms with van der Waals surface area (Å²) in [5, 5.41) is 0.